The summed E-state index contributed by atoms with van der Waals surface area (Å²) in [5.74, 6) is -0.237. The van der Waals surface area contributed by atoms with E-state index in [4.69, 9.17) is 5.73 Å². The van der Waals surface area contributed by atoms with E-state index in [-0.39, 0.29) is 6.54 Å². The Labute approximate surface area is 114 Å². The minimum Gasteiger partial charge on any atom is -0.368 e. The molecule has 2 atom stereocenters. The van der Waals surface area contributed by atoms with Crippen molar-refractivity contribution >= 4 is 16.1 Å². The highest BCUT2D eigenvalue weighted by Gasteiger charge is 2.40. The lowest BCUT2D eigenvalue weighted by Gasteiger charge is -2.39. The minimum atomic E-state index is -3.59. The molecular formula is C11H22N4O3S. The molecule has 0 saturated carbocycles. The van der Waals surface area contributed by atoms with Gasteiger partial charge >= 0.3 is 0 Å². The van der Waals surface area contributed by atoms with E-state index < -0.39 is 22.2 Å². The van der Waals surface area contributed by atoms with Crippen molar-refractivity contribution in [1.29, 1.82) is 0 Å². The lowest BCUT2D eigenvalue weighted by molar-refractivity contribution is -0.122. The largest absolute Gasteiger partial charge is 0.368 e. The highest BCUT2D eigenvalue weighted by molar-refractivity contribution is 7.86. The number of nitrogens with one attached hydrogen (secondary N) is 1. The molecule has 0 aromatic rings. The fraction of sp³-hybridized carbons (Fsp3) is 0.909. The second-order valence-corrected chi connectivity index (χ2v) is 7.23. The molecule has 2 saturated heterocycles. The van der Waals surface area contributed by atoms with E-state index in [1.54, 1.807) is 0 Å². The van der Waals surface area contributed by atoms with E-state index >= 15 is 0 Å². The van der Waals surface area contributed by atoms with E-state index in [0.29, 0.717) is 32.1 Å². The molecule has 0 spiro atoms. The molecule has 110 valence electrons. The van der Waals surface area contributed by atoms with E-state index in [1.165, 1.54) is 8.61 Å². The van der Waals surface area contributed by atoms with Crippen molar-refractivity contribution in [3.8, 4) is 0 Å². The SMILES string of the molecule is CC1CCCN(S(=O)(=O)N2CCNCC2C(N)=O)C1. The summed E-state index contributed by atoms with van der Waals surface area (Å²) in [6, 6.07) is -0.781. The van der Waals surface area contributed by atoms with Crippen LogP contribution in [0.3, 0.4) is 0 Å². The van der Waals surface area contributed by atoms with Crippen molar-refractivity contribution in [3.05, 3.63) is 0 Å². The summed E-state index contributed by atoms with van der Waals surface area (Å²) in [7, 11) is -3.59. The number of nitrogens with two attached hydrogens (primary N) is 1. The first-order valence-corrected chi connectivity index (χ1v) is 8.09. The minimum absolute atomic E-state index is 0.290. The van der Waals surface area contributed by atoms with Gasteiger partial charge in [-0.25, -0.2) is 0 Å². The number of nitrogens with zero attached hydrogens (tertiary/aromatic N) is 2. The van der Waals surface area contributed by atoms with Gasteiger partial charge in [0, 0.05) is 32.7 Å². The summed E-state index contributed by atoms with van der Waals surface area (Å²) >= 11 is 0. The molecule has 2 unspecified atom stereocenters. The van der Waals surface area contributed by atoms with Gasteiger partial charge in [0.1, 0.15) is 6.04 Å². The number of hydrogen-bond donors (Lipinski definition) is 2. The molecule has 0 radical (unpaired) electrons. The van der Waals surface area contributed by atoms with Crippen molar-refractivity contribution in [2.45, 2.75) is 25.8 Å². The Hall–Kier alpha value is -0.700. The Bertz CT molecular complexity index is 439. The van der Waals surface area contributed by atoms with Gasteiger partial charge in [-0.1, -0.05) is 6.92 Å². The average Bonchev–Trinajstić information content (AvgIpc) is 2.38. The first-order valence-electron chi connectivity index (χ1n) is 6.70. The molecule has 2 heterocycles. The Morgan fingerprint density at radius 2 is 2.11 bits per heavy atom. The molecular weight excluding hydrogens is 268 g/mol. The molecule has 7 nitrogen and oxygen atoms in total. The Balaban J connectivity index is 2.19. The first kappa shape index (κ1) is 14.7. The molecule has 8 heteroatoms. The molecule has 2 rings (SSSR count). The van der Waals surface area contributed by atoms with Crippen LogP contribution in [0.4, 0.5) is 0 Å². The molecule has 3 N–H and O–H groups in total. The fourth-order valence-electron chi connectivity index (χ4n) is 2.71. The Morgan fingerprint density at radius 3 is 2.74 bits per heavy atom. The zero-order chi connectivity index (χ0) is 14.0. The quantitative estimate of drug-likeness (QED) is 0.677. The number of piperidine rings is 1. The van der Waals surface area contributed by atoms with Crippen LogP contribution in [0.1, 0.15) is 19.8 Å². The van der Waals surface area contributed by atoms with Gasteiger partial charge in [-0.3, -0.25) is 4.79 Å². The van der Waals surface area contributed by atoms with Crippen molar-refractivity contribution < 1.29 is 13.2 Å². The second-order valence-electron chi connectivity index (χ2n) is 5.35. The normalized spacial score (nSPS) is 31.2. The highest BCUT2D eigenvalue weighted by Crippen LogP contribution is 2.22. The van der Waals surface area contributed by atoms with Crippen LogP contribution in [0.2, 0.25) is 0 Å². The number of amides is 1. The summed E-state index contributed by atoms with van der Waals surface area (Å²) in [6.45, 7) is 4.23. The molecule has 2 aliphatic heterocycles. The molecule has 0 aromatic heterocycles. The van der Waals surface area contributed by atoms with Crippen LogP contribution in [0.15, 0.2) is 0 Å². The number of piperazine rings is 1. The van der Waals surface area contributed by atoms with Gasteiger partial charge in [0.15, 0.2) is 0 Å². The van der Waals surface area contributed by atoms with Gasteiger partial charge in [0.2, 0.25) is 5.91 Å². The maximum absolute atomic E-state index is 12.6. The van der Waals surface area contributed by atoms with Crippen molar-refractivity contribution in [2.75, 3.05) is 32.7 Å². The number of primary amides is 1. The van der Waals surface area contributed by atoms with Gasteiger partial charge < -0.3 is 11.1 Å². The summed E-state index contributed by atoms with van der Waals surface area (Å²) in [6.07, 6.45) is 1.92. The van der Waals surface area contributed by atoms with Gasteiger partial charge in [-0.15, -0.1) is 0 Å². The van der Waals surface area contributed by atoms with Crippen molar-refractivity contribution in [3.63, 3.8) is 0 Å². The maximum atomic E-state index is 12.6. The molecule has 2 fully saturated rings. The molecule has 19 heavy (non-hydrogen) atoms. The first-order chi connectivity index (χ1) is 8.93. The summed E-state index contributed by atoms with van der Waals surface area (Å²) in [5.41, 5.74) is 5.31. The fourth-order valence-corrected chi connectivity index (χ4v) is 4.63. The predicted molar refractivity (Wildman–Crippen MR) is 71.4 cm³/mol. The molecule has 1 amide bonds. The van der Waals surface area contributed by atoms with Crippen LogP contribution < -0.4 is 11.1 Å². The molecule has 0 bridgehead atoms. The third kappa shape index (κ3) is 3.07. The van der Waals surface area contributed by atoms with Crippen LogP contribution in [-0.2, 0) is 15.0 Å². The van der Waals surface area contributed by atoms with Crippen molar-refractivity contribution in [2.24, 2.45) is 11.7 Å². The topological polar surface area (TPSA) is 95.7 Å². The van der Waals surface area contributed by atoms with Gasteiger partial charge in [-0.2, -0.15) is 17.0 Å². The molecule has 0 aromatic carbocycles. The van der Waals surface area contributed by atoms with E-state index in [0.717, 1.165) is 12.8 Å². The van der Waals surface area contributed by atoms with E-state index in [1.807, 2.05) is 6.92 Å². The lowest BCUT2D eigenvalue weighted by Crippen LogP contribution is -2.62. The number of carbonyl (C=O) groups excluding carboxylic acids is 1. The average molecular weight is 290 g/mol. The smallest absolute Gasteiger partial charge is 0.282 e. The highest BCUT2D eigenvalue weighted by atomic mass is 32.2. The van der Waals surface area contributed by atoms with Crippen LogP contribution in [0.25, 0.3) is 0 Å². The number of hydrogen-bond acceptors (Lipinski definition) is 4. The third-order valence-electron chi connectivity index (χ3n) is 3.77. The maximum Gasteiger partial charge on any atom is 0.282 e. The summed E-state index contributed by atoms with van der Waals surface area (Å²) in [4.78, 5) is 11.4. The summed E-state index contributed by atoms with van der Waals surface area (Å²) < 4.78 is 28.0. The Kier molecular flexibility index (Phi) is 4.44. The molecule has 2 aliphatic rings. The van der Waals surface area contributed by atoms with E-state index in [2.05, 4.69) is 5.32 Å². The second kappa shape index (κ2) is 5.74. The van der Waals surface area contributed by atoms with Gasteiger partial charge in [-0.05, 0) is 18.8 Å². The predicted octanol–water partition coefficient (Wildman–Crippen LogP) is -1.28. The Morgan fingerprint density at radius 1 is 1.37 bits per heavy atom. The standard InChI is InChI=1S/C11H22N4O3S/c1-9-3-2-5-14(8-9)19(17,18)15-6-4-13-7-10(15)11(12)16/h9-10,13H,2-8H2,1H3,(H2,12,16). The number of carbonyl (C=O) groups is 1. The lowest BCUT2D eigenvalue weighted by atomic mass is 10.0. The van der Waals surface area contributed by atoms with E-state index in [9.17, 15) is 13.2 Å². The zero-order valence-corrected chi connectivity index (χ0v) is 12.0. The zero-order valence-electron chi connectivity index (χ0n) is 11.2. The van der Waals surface area contributed by atoms with Crippen LogP contribution in [0.5, 0.6) is 0 Å². The van der Waals surface area contributed by atoms with Gasteiger partial charge in [0.05, 0.1) is 0 Å². The molecule has 0 aliphatic carbocycles. The van der Waals surface area contributed by atoms with Crippen LogP contribution in [0, 0.1) is 5.92 Å². The number of rotatable bonds is 3. The summed E-state index contributed by atoms with van der Waals surface area (Å²) in [5, 5.41) is 3.00. The van der Waals surface area contributed by atoms with Crippen LogP contribution in [-0.4, -0.2) is 61.7 Å². The monoisotopic (exact) mass is 290 g/mol. The third-order valence-corrected chi connectivity index (χ3v) is 5.78. The van der Waals surface area contributed by atoms with Gasteiger partial charge in [0.25, 0.3) is 10.2 Å². The van der Waals surface area contributed by atoms with Crippen molar-refractivity contribution in [1.82, 2.24) is 13.9 Å². The van der Waals surface area contributed by atoms with Crippen LogP contribution >= 0.6 is 0 Å².